The fourth-order valence-electron chi connectivity index (χ4n) is 1.70. The summed E-state index contributed by atoms with van der Waals surface area (Å²) in [6.45, 7) is 0. The average molecular weight is 257 g/mol. The fourth-order valence-corrected chi connectivity index (χ4v) is 1.70. The van der Waals surface area contributed by atoms with Crippen LogP contribution in [-0.2, 0) is 0 Å². The van der Waals surface area contributed by atoms with Crippen LogP contribution in [0, 0.1) is 5.82 Å². The van der Waals surface area contributed by atoms with Gasteiger partial charge in [0.15, 0.2) is 0 Å². The molecule has 0 unspecified atom stereocenters. The minimum absolute atomic E-state index is 0.314. The van der Waals surface area contributed by atoms with Crippen LogP contribution in [0.15, 0.2) is 53.6 Å². The Bertz CT molecular complexity index is 626. The molecule has 0 aliphatic rings. The van der Waals surface area contributed by atoms with Crippen LogP contribution in [0.4, 0.5) is 9.18 Å². The Morgan fingerprint density at radius 1 is 1.11 bits per heavy atom. The smallest absolute Gasteiger partial charge is 0.332 e. The minimum Gasteiger partial charge on any atom is -0.350 e. The summed E-state index contributed by atoms with van der Waals surface area (Å²) in [5.41, 5.74) is 8.86. The Balaban J connectivity index is 2.39. The number of amides is 2. The number of hydrazone groups is 1. The van der Waals surface area contributed by atoms with Crippen LogP contribution in [0.3, 0.4) is 0 Å². The van der Waals surface area contributed by atoms with Crippen molar-refractivity contribution < 1.29 is 9.18 Å². The van der Waals surface area contributed by atoms with E-state index < -0.39 is 6.03 Å². The number of benzene rings is 2. The van der Waals surface area contributed by atoms with Crippen LogP contribution in [0.25, 0.3) is 11.1 Å². The first-order valence-corrected chi connectivity index (χ1v) is 5.61. The van der Waals surface area contributed by atoms with E-state index in [-0.39, 0.29) is 5.82 Å². The van der Waals surface area contributed by atoms with Crippen molar-refractivity contribution in [3.63, 3.8) is 0 Å². The monoisotopic (exact) mass is 257 g/mol. The summed E-state index contributed by atoms with van der Waals surface area (Å²) in [6, 6.07) is 12.9. The van der Waals surface area contributed by atoms with Crippen LogP contribution < -0.4 is 11.2 Å². The highest BCUT2D eigenvalue weighted by molar-refractivity contribution is 5.91. The van der Waals surface area contributed by atoms with Crippen molar-refractivity contribution >= 4 is 12.2 Å². The number of carbonyl (C=O) groups is 1. The lowest BCUT2D eigenvalue weighted by Gasteiger charge is -2.06. The number of hydrogen-bond donors (Lipinski definition) is 2. The van der Waals surface area contributed by atoms with Gasteiger partial charge in [0, 0.05) is 11.1 Å². The number of urea groups is 1. The molecular weight excluding hydrogens is 245 g/mol. The molecule has 0 heterocycles. The van der Waals surface area contributed by atoms with Gasteiger partial charge < -0.3 is 5.73 Å². The van der Waals surface area contributed by atoms with E-state index in [0.717, 1.165) is 0 Å². The molecule has 2 aromatic rings. The van der Waals surface area contributed by atoms with Gasteiger partial charge in [0.05, 0.1) is 6.21 Å². The van der Waals surface area contributed by atoms with E-state index in [2.05, 4.69) is 10.5 Å². The number of nitrogens with one attached hydrogen (secondary N) is 1. The molecular formula is C14H12FN3O. The predicted octanol–water partition coefficient (Wildman–Crippen LogP) is 2.49. The zero-order valence-electron chi connectivity index (χ0n) is 10.0. The minimum atomic E-state index is -0.750. The van der Waals surface area contributed by atoms with Gasteiger partial charge in [-0.25, -0.2) is 14.6 Å². The third-order valence-corrected chi connectivity index (χ3v) is 2.50. The zero-order chi connectivity index (χ0) is 13.7. The van der Waals surface area contributed by atoms with Crippen molar-refractivity contribution in [3.05, 3.63) is 59.9 Å². The van der Waals surface area contributed by atoms with Crippen molar-refractivity contribution in [3.8, 4) is 11.1 Å². The molecule has 2 rings (SSSR count). The molecule has 0 saturated carbocycles. The molecule has 5 heteroatoms. The van der Waals surface area contributed by atoms with E-state index in [9.17, 15) is 9.18 Å². The number of nitrogens with zero attached hydrogens (tertiary/aromatic N) is 1. The van der Waals surface area contributed by atoms with E-state index >= 15 is 0 Å². The lowest BCUT2D eigenvalue weighted by molar-refractivity contribution is 0.249. The summed E-state index contributed by atoms with van der Waals surface area (Å²) in [7, 11) is 0. The van der Waals surface area contributed by atoms with Crippen LogP contribution >= 0.6 is 0 Å². The highest BCUT2D eigenvalue weighted by atomic mass is 19.1. The third-order valence-electron chi connectivity index (χ3n) is 2.50. The summed E-state index contributed by atoms with van der Waals surface area (Å²) in [6.07, 6.45) is 1.42. The van der Waals surface area contributed by atoms with E-state index in [1.807, 2.05) is 0 Å². The van der Waals surface area contributed by atoms with Crippen LogP contribution in [0.5, 0.6) is 0 Å². The Morgan fingerprint density at radius 2 is 1.74 bits per heavy atom. The summed E-state index contributed by atoms with van der Waals surface area (Å²) in [4.78, 5) is 10.5. The first-order chi connectivity index (χ1) is 9.18. The lowest BCUT2D eigenvalue weighted by atomic mass is 10.00. The number of halogens is 1. The Kier molecular flexibility index (Phi) is 3.87. The standard InChI is InChI=1S/C14H12FN3O/c15-13-8-4-3-7-12(13)11-6-2-1-5-10(11)9-17-18-14(16)19/h1-9H,(H3,16,18,19). The van der Waals surface area contributed by atoms with Crippen LogP contribution in [0.1, 0.15) is 5.56 Å². The lowest BCUT2D eigenvalue weighted by Crippen LogP contribution is -2.24. The van der Waals surface area contributed by atoms with Crippen molar-refractivity contribution in [2.24, 2.45) is 10.8 Å². The SMILES string of the molecule is NC(=O)NN=Cc1ccccc1-c1ccccc1F. The van der Waals surface area contributed by atoms with Crippen LogP contribution in [0.2, 0.25) is 0 Å². The molecule has 96 valence electrons. The van der Waals surface area contributed by atoms with Crippen molar-refractivity contribution in [2.75, 3.05) is 0 Å². The molecule has 3 N–H and O–H groups in total. The van der Waals surface area contributed by atoms with E-state index in [4.69, 9.17) is 5.73 Å². The Labute approximate surface area is 109 Å². The van der Waals surface area contributed by atoms with E-state index in [0.29, 0.717) is 16.7 Å². The Hall–Kier alpha value is -2.69. The number of rotatable bonds is 3. The highest BCUT2D eigenvalue weighted by Gasteiger charge is 2.07. The summed E-state index contributed by atoms with van der Waals surface area (Å²) < 4.78 is 13.8. The maximum absolute atomic E-state index is 13.8. The summed E-state index contributed by atoms with van der Waals surface area (Å²) >= 11 is 0. The molecule has 0 radical (unpaired) electrons. The number of primary amides is 1. The molecule has 0 fully saturated rings. The quantitative estimate of drug-likeness (QED) is 0.643. The predicted molar refractivity (Wildman–Crippen MR) is 72.1 cm³/mol. The second kappa shape index (κ2) is 5.77. The van der Waals surface area contributed by atoms with Gasteiger partial charge in [-0.2, -0.15) is 5.10 Å². The van der Waals surface area contributed by atoms with Crippen LogP contribution in [-0.4, -0.2) is 12.2 Å². The number of hydrogen-bond acceptors (Lipinski definition) is 2. The van der Waals surface area contributed by atoms with Gasteiger partial charge in [-0.05, 0) is 11.6 Å². The molecule has 0 bridgehead atoms. The number of nitrogens with two attached hydrogens (primary N) is 1. The van der Waals surface area contributed by atoms with Crippen molar-refractivity contribution in [1.82, 2.24) is 5.43 Å². The molecule has 0 saturated heterocycles. The average Bonchev–Trinajstić information content (AvgIpc) is 2.40. The van der Waals surface area contributed by atoms with Gasteiger partial charge >= 0.3 is 6.03 Å². The van der Waals surface area contributed by atoms with E-state index in [1.54, 1.807) is 42.5 Å². The first-order valence-electron chi connectivity index (χ1n) is 5.61. The molecule has 0 atom stereocenters. The molecule has 19 heavy (non-hydrogen) atoms. The van der Waals surface area contributed by atoms with Gasteiger partial charge in [0.2, 0.25) is 0 Å². The highest BCUT2D eigenvalue weighted by Crippen LogP contribution is 2.25. The van der Waals surface area contributed by atoms with Crippen molar-refractivity contribution in [1.29, 1.82) is 0 Å². The molecule has 2 aromatic carbocycles. The van der Waals surface area contributed by atoms with Gasteiger partial charge in [-0.3, -0.25) is 0 Å². The van der Waals surface area contributed by atoms with Gasteiger partial charge in [0.1, 0.15) is 5.82 Å². The fraction of sp³-hybridized carbons (Fsp3) is 0. The normalized spacial score (nSPS) is 10.6. The van der Waals surface area contributed by atoms with Crippen molar-refractivity contribution in [2.45, 2.75) is 0 Å². The second-order valence-electron chi connectivity index (χ2n) is 3.80. The maximum atomic E-state index is 13.8. The summed E-state index contributed by atoms with van der Waals surface area (Å²) in [5, 5.41) is 3.68. The largest absolute Gasteiger partial charge is 0.350 e. The van der Waals surface area contributed by atoms with E-state index in [1.165, 1.54) is 12.3 Å². The molecule has 0 aliphatic heterocycles. The second-order valence-corrected chi connectivity index (χ2v) is 3.80. The molecule has 4 nitrogen and oxygen atoms in total. The third kappa shape index (κ3) is 3.16. The maximum Gasteiger partial charge on any atom is 0.332 e. The summed E-state index contributed by atoms with van der Waals surface area (Å²) in [5.74, 6) is -0.314. The first kappa shape index (κ1) is 12.8. The van der Waals surface area contributed by atoms with Gasteiger partial charge in [0.25, 0.3) is 0 Å². The zero-order valence-corrected chi connectivity index (χ0v) is 10.0. The molecule has 0 spiro atoms. The molecule has 2 amide bonds. The van der Waals surface area contributed by atoms with Gasteiger partial charge in [-0.1, -0.05) is 42.5 Å². The molecule has 0 aromatic heterocycles. The topological polar surface area (TPSA) is 67.5 Å². The van der Waals surface area contributed by atoms with Gasteiger partial charge in [-0.15, -0.1) is 0 Å². The molecule has 0 aliphatic carbocycles. The Morgan fingerprint density at radius 3 is 2.42 bits per heavy atom. The number of carbonyl (C=O) groups excluding carboxylic acids is 1.